The highest BCUT2D eigenvalue weighted by Gasteiger charge is 2.25. The third-order valence-corrected chi connectivity index (χ3v) is 4.54. The second-order valence-electron chi connectivity index (χ2n) is 6.71. The van der Waals surface area contributed by atoms with Crippen molar-refractivity contribution >= 4 is 18.3 Å². The van der Waals surface area contributed by atoms with Crippen molar-refractivity contribution in [3.05, 3.63) is 71.8 Å². The third-order valence-electron chi connectivity index (χ3n) is 4.54. The van der Waals surface area contributed by atoms with E-state index >= 15 is 0 Å². The van der Waals surface area contributed by atoms with E-state index in [-0.39, 0.29) is 30.3 Å². The summed E-state index contributed by atoms with van der Waals surface area (Å²) in [5, 5.41) is 0. The van der Waals surface area contributed by atoms with E-state index in [1.165, 1.54) is 0 Å². The second kappa shape index (κ2) is 10.2. The molecule has 136 valence electrons. The molecular weight excluding hydrogens is 332 g/mol. The van der Waals surface area contributed by atoms with Gasteiger partial charge in [0.2, 0.25) is 5.91 Å². The Morgan fingerprint density at radius 3 is 1.80 bits per heavy atom. The fraction of sp³-hybridized carbons (Fsp3) is 0.381. The zero-order chi connectivity index (χ0) is 17.5. The number of nitrogens with two attached hydrogens (primary N) is 1. The average molecular weight is 361 g/mol. The monoisotopic (exact) mass is 360 g/mol. The maximum absolute atomic E-state index is 13.1. The third kappa shape index (κ3) is 5.87. The lowest BCUT2D eigenvalue weighted by Crippen LogP contribution is -2.37. The summed E-state index contributed by atoms with van der Waals surface area (Å²) in [5.41, 5.74) is 8.17. The molecule has 2 aromatic rings. The van der Waals surface area contributed by atoms with Crippen LogP contribution in [0, 0.1) is 5.92 Å². The standard InChI is InChI=1S/C21H28N2O.ClH/c1-16(2)19(22)14-15-23(3)21(24)20(17-10-6-4-7-11-17)18-12-8-5-9-13-18;/h4-13,16,19-20H,14-15,22H2,1-3H3;1H. The van der Waals surface area contributed by atoms with Crippen molar-refractivity contribution in [1.82, 2.24) is 4.90 Å². The molecule has 2 N–H and O–H groups in total. The van der Waals surface area contributed by atoms with Gasteiger partial charge in [-0.05, 0) is 23.5 Å². The normalized spacial score (nSPS) is 11.9. The highest BCUT2D eigenvalue weighted by molar-refractivity contribution is 5.87. The molecule has 0 heterocycles. The van der Waals surface area contributed by atoms with Crippen LogP contribution in [0.25, 0.3) is 0 Å². The van der Waals surface area contributed by atoms with Gasteiger partial charge in [0.15, 0.2) is 0 Å². The van der Waals surface area contributed by atoms with Gasteiger partial charge >= 0.3 is 0 Å². The summed E-state index contributed by atoms with van der Waals surface area (Å²) in [7, 11) is 1.87. The van der Waals surface area contributed by atoms with Gasteiger partial charge in [0.25, 0.3) is 0 Å². The van der Waals surface area contributed by atoms with Gasteiger partial charge in [-0.15, -0.1) is 12.4 Å². The topological polar surface area (TPSA) is 46.3 Å². The zero-order valence-corrected chi connectivity index (χ0v) is 16.1. The quantitative estimate of drug-likeness (QED) is 0.808. The average Bonchev–Trinajstić information content (AvgIpc) is 2.61. The first kappa shape index (κ1) is 21.2. The molecule has 1 unspecified atom stereocenters. The minimum atomic E-state index is -0.271. The van der Waals surface area contributed by atoms with E-state index < -0.39 is 0 Å². The van der Waals surface area contributed by atoms with Crippen LogP contribution in [0.4, 0.5) is 0 Å². The van der Waals surface area contributed by atoms with Gasteiger partial charge in [-0.25, -0.2) is 0 Å². The highest BCUT2D eigenvalue weighted by Crippen LogP contribution is 2.26. The van der Waals surface area contributed by atoms with Crippen LogP contribution >= 0.6 is 12.4 Å². The molecule has 0 aliphatic carbocycles. The summed E-state index contributed by atoms with van der Waals surface area (Å²) < 4.78 is 0. The van der Waals surface area contributed by atoms with Crippen molar-refractivity contribution in [1.29, 1.82) is 0 Å². The van der Waals surface area contributed by atoms with E-state index in [1.807, 2.05) is 72.6 Å². The molecule has 0 saturated carbocycles. The highest BCUT2D eigenvalue weighted by atomic mass is 35.5. The smallest absolute Gasteiger partial charge is 0.234 e. The summed E-state index contributed by atoms with van der Waals surface area (Å²) in [6.07, 6.45) is 0.816. The van der Waals surface area contributed by atoms with E-state index in [2.05, 4.69) is 13.8 Å². The number of nitrogens with zero attached hydrogens (tertiary/aromatic N) is 1. The first-order valence-electron chi connectivity index (χ1n) is 8.61. The molecule has 4 heteroatoms. The second-order valence-corrected chi connectivity index (χ2v) is 6.71. The van der Waals surface area contributed by atoms with E-state index in [9.17, 15) is 4.79 Å². The molecule has 2 rings (SSSR count). The Hall–Kier alpha value is -1.84. The largest absolute Gasteiger partial charge is 0.345 e. The molecule has 25 heavy (non-hydrogen) atoms. The summed E-state index contributed by atoms with van der Waals surface area (Å²) >= 11 is 0. The van der Waals surface area contributed by atoms with Gasteiger partial charge in [-0.1, -0.05) is 74.5 Å². The predicted octanol–water partition coefficient (Wildman–Crippen LogP) is 4.07. The maximum Gasteiger partial charge on any atom is 0.234 e. The molecule has 2 aromatic carbocycles. The molecular formula is C21H29ClN2O. The Balaban J connectivity index is 0.00000312. The van der Waals surface area contributed by atoms with Crippen molar-refractivity contribution in [3.63, 3.8) is 0 Å². The van der Waals surface area contributed by atoms with Gasteiger partial charge in [0.05, 0.1) is 5.92 Å². The molecule has 3 nitrogen and oxygen atoms in total. The SMILES string of the molecule is CC(C)C(N)CCN(C)C(=O)C(c1ccccc1)c1ccccc1.Cl. The fourth-order valence-electron chi connectivity index (χ4n) is 2.78. The van der Waals surface area contributed by atoms with Gasteiger partial charge in [0.1, 0.15) is 0 Å². The van der Waals surface area contributed by atoms with Crippen LogP contribution in [0.15, 0.2) is 60.7 Å². The predicted molar refractivity (Wildman–Crippen MR) is 107 cm³/mol. The number of hydrogen-bond donors (Lipinski definition) is 1. The molecule has 0 radical (unpaired) electrons. The number of hydrogen-bond acceptors (Lipinski definition) is 2. The van der Waals surface area contributed by atoms with Crippen molar-refractivity contribution in [3.8, 4) is 0 Å². The molecule has 0 bridgehead atoms. The Kier molecular flexibility index (Phi) is 8.67. The molecule has 0 aromatic heterocycles. The van der Waals surface area contributed by atoms with E-state index in [0.717, 1.165) is 17.5 Å². The number of carbonyl (C=O) groups is 1. The lowest BCUT2D eigenvalue weighted by Gasteiger charge is -2.26. The first-order chi connectivity index (χ1) is 11.5. The lowest BCUT2D eigenvalue weighted by atomic mass is 9.90. The van der Waals surface area contributed by atoms with E-state index in [1.54, 1.807) is 0 Å². The Bertz CT molecular complexity index is 591. The fourth-order valence-corrected chi connectivity index (χ4v) is 2.78. The van der Waals surface area contributed by atoms with Gasteiger partial charge in [-0.3, -0.25) is 4.79 Å². The van der Waals surface area contributed by atoms with Crippen LogP contribution in [-0.4, -0.2) is 30.4 Å². The van der Waals surface area contributed by atoms with E-state index in [4.69, 9.17) is 5.73 Å². The van der Waals surface area contributed by atoms with Gasteiger partial charge in [0, 0.05) is 19.6 Å². The number of amides is 1. The number of halogens is 1. The van der Waals surface area contributed by atoms with Crippen molar-refractivity contribution in [2.45, 2.75) is 32.2 Å². The van der Waals surface area contributed by atoms with Crippen LogP contribution in [0.3, 0.4) is 0 Å². The van der Waals surface area contributed by atoms with E-state index in [0.29, 0.717) is 12.5 Å². The number of carbonyl (C=O) groups excluding carboxylic acids is 1. The minimum absolute atomic E-state index is 0. The van der Waals surface area contributed by atoms with Crippen LogP contribution in [-0.2, 0) is 4.79 Å². The summed E-state index contributed by atoms with van der Waals surface area (Å²) in [5.74, 6) is 0.267. The molecule has 0 aliphatic heterocycles. The maximum atomic E-state index is 13.1. The van der Waals surface area contributed by atoms with Crippen molar-refractivity contribution in [2.75, 3.05) is 13.6 Å². The number of rotatable bonds is 7. The molecule has 0 fully saturated rings. The Morgan fingerprint density at radius 1 is 0.960 bits per heavy atom. The molecule has 1 atom stereocenters. The minimum Gasteiger partial charge on any atom is -0.345 e. The van der Waals surface area contributed by atoms with Crippen LogP contribution < -0.4 is 5.73 Å². The molecule has 0 aliphatic rings. The lowest BCUT2D eigenvalue weighted by molar-refractivity contribution is -0.130. The van der Waals surface area contributed by atoms with Crippen LogP contribution in [0.1, 0.15) is 37.3 Å². The van der Waals surface area contributed by atoms with Crippen LogP contribution in [0.2, 0.25) is 0 Å². The Morgan fingerprint density at radius 2 is 1.40 bits per heavy atom. The summed E-state index contributed by atoms with van der Waals surface area (Å²) in [6, 6.07) is 20.1. The van der Waals surface area contributed by atoms with Crippen LogP contribution in [0.5, 0.6) is 0 Å². The number of benzene rings is 2. The molecule has 0 saturated heterocycles. The van der Waals surface area contributed by atoms with Crippen molar-refractivity contribution < 1.29 is 4.79 Å². The number of likely N-dealkylation sites (N-methyl/N-ethyl adjacent to an activating group) is 1. The van der Waals surface area contributed by atoms with Crippen molar-refractivity contribution in [2.24, 2.45) is 11.7 Å². The van der Waals surface area contributed by atoms with Gasteiger partial charge in [-0.2, -0.15) is 0 Å². The zero-order valence-electron chi connectivity index (χ0n) is 15.3. The van der Waals surface area contributed by atoms with Gasteiger partial charge < -0.3 is 10.6 Å². The summed E-state index contributed by atoms with van der Waals surface area (Å²) in [4.78, 5) is 14.9. The molecule has 1 amide bonds. The first-order valence-corrected chi connectivity index (χ1v) is 8.61. The molecule has 0 spiro atoms. The Labute approximate surface area is 157 Å². The summed E-state index contributed by atoms with van der Waals surface area (Å²) in [6.45, 7) is 4.90.